The van der Waals surface area contributed by atoms with Crippen LogP contribution >= 0.6 is 11.6 Å². The number of likely N-dealkylation sites (tertiary alicyclic amines) is 1. The normalized spacial score (nSPS) is 15.2. The fraction of sp³-hybridized carbons (Fsp3) is 0.529. The molecule has 0 spiro atoms. The third-order valence-electron chi connectivity index (χ3n) is 4.21. The fourth-order valence-electron chi connectivity index (χ4n) is 2.88. The minimum absolute atomic E-state index is 0.0313. The molecule has 1 aromatic carbocycles. The van der Waals surface area contributed by atoms with Crippen LogP contribution in [0.3, 0.4) is 0 Å². The van der Waals surface area contributed by atoms with E-state index in [1.165, 1.54) is 17.9 Å². The Morgan fingerprint density at radius 1 is 1.20 bits per heavy atom. The monoisotopic (exact) mass is 376 g/mol. The Bertz CT molecular complexity index is 643. The maximum atomic E-state index is 13.0. The Hall–Kier alpha value is -1.76. The van der Waals surface area contributed by atoms with Crippen molar-refractivity contribution in [2.45, 2.75) is 38.8 Å². The molecule has 1 saturated heterocycles. The molecule has 0 atom stereocenters. The van der Waals surface area contributed by atoms with Crippen molar-refractivity contribution in [1.29, 1.82) is 0 Å². The summed E-state index contributed by atoms with van der Waals surface area (Å²) in [6, 6.07) is 3.31. The number of rotatable bonds is 4. The molecule has 4 nitrogen and oxygen atoms in total. The molecular weight excluding hydrogens is 357 g/mol. The lowest BCUT2D eigenvalue weighted by Crippen LogP contribution is -2.39. The molecule has 1 aromatic rings. The zero-order chi connectivity index (χ0) is 18.6. The van der Waals surface area contributed by atoms with Gasteiger partial charge in [0.2, 0.25) is 11.8 Å². The van der Waals surface area contributed by atoms with Crippen molar-refractivity contribution in [2.24, 2.45) is 0 Å². The van der Waals surface area contributed by atoms with E-state index in [9.17, 15) is 22.8 Å². The van der Waals surface area contributed by atoms with E-state index in [2.05, 4.69) is 0 Å². The van der Waals surface area contributed by atoms with Gasteiger partial charge in [-0.2, -0.15) is 13.2 Å². The predicted molar refractivity (Wildman–Crippen MR) is 89.5 cm³/mol. The van der Waals surface area contributed by atoms with Crippen LogP contribution in [0.5, 0.6) is 0 Å². The summed E-state index contributed by atoms with van der Waals surface area (Å²) in [5, 5.41) is -0.427. The molecule has 1 aliphatic rings. The average Bonchev–Trinajstić information content (AvgIpc) is 2.55. The van der Waals surface area contributed by atoms with Crippen molar-refractivity contribution in [3.8, 4) is 0 Å². The Kier molecular flexibility index (Phi) is 6.32. The molecule has 0 bridgehead atoms. The molecule has 8 heteroatoms. The number of alkyl halides is 3. The van der Waals surface area contributed by atoms with Gasteiger partial charge in [-0.1, -0.05) is 11.6 Å². The van der Waals surface area contributed by atoms with E-state index in [1.807, 2.05) is 0 Å². The van der Waals surface area contributed by atoms with Crippen LogP contribution in [-0.2, 0) is 15.8 Å². The van der Waals surface area contributed by atoms with E-state index in [0.717, 1.165) is 31.4 Å². The van der Waals surface area contributed by atoms with Crippen LogP contribution < -0.4 is 4.90 Å². The number of nitrogens with zero attached hydrogens (tertiary/aromatic N) is 2. The van der Waals surface area contributed by atoms with Gasteiger partial charge >= 0.3 is 6.18 Å². The molecule has 2 rings (SSSR count). The number of hydrogen-bond donors (Lipinski definition) is 0. The summed E-state index contributed by atoms with van der Waals surface area (Å²) in [5.74, 6) is -0.516. The number of anilines is 1. The van der Waals surface area contributed by atoms with Crippen LogP contribution in [0.15, 0.2) is 18.2 Å². The lowest BCUT2D eigenvalue weighted by molar-refractivity contribution is -0.137. The molecule has 1 aliphatic heterocycles. The summed E-state index contributed by atoms with van der Waals surface area (Å²) >= 11 is 5.61. The highest BCUT2D eigenvalue weighted by atomic mass is 35.5. The summed E-state index contributed by atoms with van der Waals surface area (Å²) in [7, 11) is 0. The summed E-state index contributed by atoms with van der Waals surface area (Å²) in [4.78, 5) is 27.0. The number of hydrogen-bond acceptors (Lipinski definition) is 2. The molecule has 2 amide bonds. The van der Waals surface area contributed by atoms with Crippen molar-refractivity contribution < 1.29 is 22.8 Å². The second-order valence-corrected chi connectivity index (χ2v) is 6.43. The zero-order valence-electron chi connectivity index (χ0n) is 13.9. The van der Waals surface area contributed by atoms with Crippen LogP contribution in [0.2, 0.25) is 5.02 Å². The second kappa shape index (κ2) is 8.08. The lowest BCUT2D eigenvalue weighted by atomic mass is 10.1. The largest absolute Gasteiger partial charge is 0.417 e. The lowest BCUT2D eigenvalue weighted by Gasteiger charge is -2.28. The molecule has 0 radical (unpaired) electrons. The topological polar surface area (TPSA) is 40.6 Å². The standard InChI is InChI=1S/C17H20ClF3N2O2/c1-12(24)23(10-7-16(25)22-8-3-2-4-9-22)13-5-6-15(18)14(11-13)17(19,20)21/h5-6,11H,2-4,7-10H2,1H3. The van der Waals surface area contributed by atoms with Crippen molar-refractivity contribution in [1.82, 2.24) is 4.90 Å². The van der Waals surface area contributed by atoms with E-state index in [4.69, 9.17) is 11.6 Å². The highest BCUT2D eigenvalue weighted by Crippen LogP contribution is 2.37. The first-order valence-corrected chi connectivity index (χ1v) is 8.50. The van der Waals surface area contributed by atoms with Crippen LogP contribution in [0, 0.1) is 0 Å². The number of amides is 2. The van der Waals surface area contributed by atoms with Gasteiger partial charge in [0.05, 0.1) is 10.6 Å². The smallest absolute Gasteiger partial charge is 0.343 e. The van der Waals surface area contributed by atoms with Gasteiger partial charge in [-0.15, -0.1) is 0 Å². The molecule has 1 fully saturated rings. The maximum Gasteiger partial charge on any atom is 0.417 e. The first-order chi connectivity index (χ1) is 11.7. The van der Waals surface area contributed by atoms with Gasteiger partial charge in [0.15, 0.2) is 0 Å². The van der Waals surface area contributed by atoms with Crippen molar-refractivity contribution in [3.63, 3.8) is 0 Å². The van der Waals surface area contributed by atoms with Gasteiger partial charge in [-0.3, -0.25) is 9.59 Å². The highest BCUT2D eigenvalue weighted by molar-refractivity contribution is 6.31. The van der Waals surface area contributed by atoms with Crippen LogP contribution in [0.4, 0.5) is 18.9 Å². The summed E-state index contributed by atoms with van der Waals surface area (Å²) in [6.45, 7) is 2.67. The summed E-state index contributed by atoms with van der Waals surface area (Å²) in [5.41, 5.74) is -0.920. The SMILES string of the molecule is CC(=O)N(CCC(=O)N1CCCCC1)c1ccc(Cl)c(C(F)(F)F)c1. The van der Waals surface area contributed by atoms with E-state index >= 15 is 0 Å². The molecule has 0 aromatic heterocycles. The Labute approximate surface area is 149 Å². The minimum Gasteiger partial charge on any atom is -0.343 e. The molecule has 0 N–H and O–H groups in total. The number of piperidine rings is 1. The van der Waals surface area contributed by atoms with Gasteiger partial charge in [0, 0.05) is 38.7 Å². The van der Waals surface area contributed by atoms with Crippen molar-refractivity contribution in [2.75, 3.05) is 24.5 Å². The third-order valence-corrected chi connectivity index (χ3v) is 4.53. The van der Waals surface area contributed by atoms with E-state index in [-0.39, 0.29) is 24.6 Å². The Balaban J connectivity index is 2.13. The maximum absolute atomic E-state index is 13.0. The van der Waals surface area contributed by atoms with Crippen LogP contribution in [0.1, 0.15) is 38.2 Å². The number of halogens is 4. The quantitative estimate of drug-likeness (QED) is 0.793. The zero-order valence-corrected chi connectivity index (χ0v) is 14.7. The van der Waals surface area contributed by atoms with Crippen molar-refractivity contribution in [3.05, 3.63) is 28.8 Å². The Morgan fingerprint density at radius 2 is 1.84 bits per heavy atom. The first-order valence-electron chi connectivity index (χ1n) is 8.13. The van der Waals surface area contributed by atoms with E-state index < -0.39 is 22.7 Å². The van der Waals surface area contributed by atoms with Gasteiger partial charge in [-0.25, -0.2) is 0 Å². The van der Waals surface area contributed by atoms with Gasteiger partial charge in [0.25, 0.3) is 0 Å². The number of benzene rings is 1. The van der Waals surface area contributed by atoms with Crippen molar-refractivity contribution >= 4 is 29.1 Å². The predicted octanol–water partition coefficient (Wildman–Crippen LogP) is 4.11. The first kappa shape index (κ1) is 19.6. The molecule has 0 unspecified atom stereocenters. The molecule has 138 valence electrons. The second-order valence-electron chi connectivity index (χ2n) is 6.02. The van der Waals surface area contributed by atoms with Crippen LogP contribution in [-0.4, -0.2) is 36.3 Å². The summed E-state index contributed by atoms with van der Waals surface area (Å²) in [6.07, 6.45) is -1.54. The fourth-order valence-corrected chi connectivity index (χ4v) is 3.10. The molecule has 0 saturated carbocycles. The third kappa shape index (κ3) is 5.11. The number of carbonyl (C=O) groups excluding carboxylic acids is 2. The molecule has 0 aliphatic carbocycles. The van der Waals surface area contributed by atoms with Crippen LogP contribution in [0.25, 0.3) is 0 Å². The van der Waals surface area contributed by atoms with Gasteiger partial charge in [-0.05, 0) is 37.5 Å². The van der Waals surface area contributed by atoms with Gasteiger partial charge < -0.3 is 9.80 Å². The average molecular weight is 377 g/mol. The summed E-state index contributed by atoms with van der Waals surface area (Å²) < 4.78 is 39.0. The van der Waals surface area contributed by atoms with E-state index in [1.54, 1.807) is 4.90 Å². The number of carbonyl (C=O) groups is 2. The minimum atomic E-state index is -4.61. The van der Waals surface area contributed by atoms with Gasteiger partial charge in [0.1, 0.15) is 0 Å². The highest BCUT2D eigenvalue weighted by Gasteiger charge is 2.34. The molecule has 1 heterocycles. The molecular formula is C17H20ClF3N2O2. The Morgan fingerprint density at radius 3 is 2.40 bits per heavy atom. The molecule has 25 heavy (non-hydrogen) atoms. The van der Waals surface area contributed by atoms with E-state index in [0.29, 0.717) is 13.1 Å².